The van der Waals surface area contributed by atoms with Crippen LogP contribution in [0.25, 0.3) is 0 Å². The van der Waals surface area contributed by atoms with Crippen molar-refractivity contribution >= 4 is 11.9 Å². The maximum Gasteiger partial charge on any atom is 0.320 e. The third-order valence-electron chi connectivity index (χ3n) is 2.75. The van der Waals surface area contributed by atoms with Crippen molar-refractivity contribution in [3.63, 3.8) is 0 Å². The number of rotatable bonds is 7. The van der Waals surface area contributed by atoms with Gasteiger partial charge in [0.2, 0.25) is 0 Å². The molecule has 0 aliphatic rings. The van der Waals surface area contributed by atoms with Crippen LogP contribution in [-0.4, -0.2) is 30.8 Å². The minimum atomic E-state index is -1.15. The quantitative estimate of drug-likeness (QED) is 0.602. The number of carboxylic acids is 1. The third kappa shape index (κ3) is 4.62. The molecule has 1 aromatic carbocycles. The van der Waals surface area contributed by atoms with Gasteiger partial charge in [-0.2, -0.15) is 0 Å². The molecule has 1 unspecified atom stereocenters. The standard InChI is InChI=1S/C14H18O5/c1-3-19-14(17)12(13(15)16)9-6-10-4-7-11(18-2)8-5-10/h4-5,7-8,12H,3,6,9H2,1-2H3,(H,15,16). The monoisotopic (exact) mass is 266 g/mol. The summed E-state index contributed by atoms with van der Waals surface area (Å²) in [4.78, 5) is 22.5. The van der Waals surface area contributed by atoms with Gasteiger partial charge in [-0.1, -0.05) is 12.1 Å². The van der Waals surface area contributed by atoms with E-state index < -0.39 is 17.9 Å². The first-order chi connectivity index (χ1) is 9.08. The second kappa shape index (κ2) is 7.41. The van der Waals surface area contributed by atoms with E-state index in [1.807, 2.05) is 12.1 Å². The molecule has 0 amide bonds. The van der Waals surface area contributed by atoms with E-state index in [0.29, 0.717) is 6.42 Å². The van der Waals surface area contributed by atoms with Crippen molar-refractivity contribution in [3.8, 4) is 5.75 Å². The van der Waals surface area contributed by atoms with Crippen LogP contribution in [0.1, 0.15) is 18.9 Å². The van der Waals surface area contributed by atoms with Gasteiger partial charge in [0, 0.05) is 0 Å². The van der Waals surface area contributed by atoms with Gasteiger partial charge in [0.25, 0.3) is 0 Å². The highest BCUT2D eigenvalue weighted by Gasteiger charge is 2.27. The predicted octanol–water partition coefficient (Wildman–Crippen LogP) is 1.89. The first kappa shape index (κ1) is 15.0. The first-order valence-corrected chi connectivity index (χ1v) is 6.10. The molecule has 1 aromatic rings. The number of hydrogen-bond donors (Lipinski definition) is 1. The van der Waals surface area contributed by atoms with Gasteiger partial charge in [0.15, 0.2) is 5.92 Å². The molecule has 0 aliphatic carbocycles. The Labute approximate surface area is 112 Å². The molecule has 0 heterocycles. The minimum Gasteiger partial charge on any atom is -0.497 e. The van der Waals surface area contributed by atoms with Crippen molar-refractivity contribution < 1.29 is 24.2 Å². The van der Waals surface area contributed by atoms with Crippen LogP contribution in [0, 0.1) is 5.92 Å². The summed E-state index contributed by atoms with van der Waals surface area (Å²) in [5, 5.41) is 9.01. The molecule has 1 atom stereocenters. The van der Waals surface area contributed by atoms with Gasteiger partial charge < -0.3 is 14.6 Å². The van der Waals surface area contributed by atoms with Crippen molar-refractivity contribution in [2.75, 3.05) is 13.7 Å². The zero-order chi connectivity index (χ0) is 14.3. The topological polar surface area (TPSA) is 72.8 Å². The Hall–Kier alpha value is -2.04. The summed E-state index contributed by atoms with van der Waals surface area (Å²) < 4.78 is 9.79. The zero-order valence-electron chi connectivity index (χ0n) is 11.1. The average molecular weight is 266 g/mol. The Morgan fingerprint density at radius 2 is 1.89 bits per heavy atom. The number of carboxylic acid groups (broad SMARTS) is 1. The molecule has 1 N–H and O–H groups in total. The molecule has 1 rings (SSSR count). The molecule has 19 heavy (non-hydrogen) atoms. The van der Waals surface area contributed by atoms with E-state index in [2.05, 4.69) is 0 Å². The van der Waals surface area contributed by atoms with Gasteiger partial charge in [-0.3, -0.25) is 9.59 Å². The van der Waals surface area contributed by atoms with Crippen molar-refractivity contribution in [3.05, 3.63) is 29.8 Å². The Balaban J connectivity index is 2.60. The number of benzene rings is 1. The lowest BCUT2D eigenvalue weighted by Crippen LogP contribution is -2.26. The van der Waals surface area contributed by atoms with Gasteiger partial charge in [-0.15, -0.1) is 0 Å². The van der Waals surface area contributed by atoms with Crippen LogP contribution in [0.5, 0.6) is 5.75 Å². The average Bonchev–Trinajstić information content (AvgIpc) is 2.39. The molecule has 5 nitrogen and oxygen atoms in total. The summed E-state index contributed by atoms with van der Waals surface area (Å²) in [6, 6.07) is 7.30. The van der Waals surface area contributed by atoms with Crippen molar-refractivity contribution in [1.82, 2.24) is 0 Å². The molecule has 0 aliphatic heterocycles. The molecule has 0 saturated carbocycles. The number of aryl methyl sites for hydroxylation is 1. The Morgan fingerprint density at radius 3 is 2.37 bits per heavy atom. The number of aliphatic carboxylic acids is 1. The summed E-state index contributed by atoms with van der Waals surface area (Å²) in [5.41, 5.74) is 0.955. The summed E-state index contributed by atoms with van der Waals surface area (Å²) in [6.45, 7) is 1.84. The Kier molecular flexibility index (Phi) is 5.85. The second-order valence-corrected chi connectivity index (χ2v) is 4.03. The normalized spacial score (nSPS) is 11.7. The third-order valence-corrected chi connectivity index (χ3v) is 2.75. The highest BCUT2D eigenvalue weighted by molar-refractivity contribution is 5.93. The summed E-state index contributed by atoms with van der Waals surface area (Å²) >= 11 is 0. The van der Waals surface area contributed by atoms with Gasteiger partial charge >= 0.3 is 11.9 Å². The number of carbonyl (C=O) groups excluding carboxylic acids is 1. The molecule has 0 aromatic heterocycles. The fourth-order valence-corrected chi connectivity index (χ4v) is 1.69. The van der Waals surface area contributed by atoms with Gasteiger partial charge in [-0.05, 0) is 37.5 Å². The molecular formula is C14H18O5. The summed E-state index contributed by atoms with van der Waals surface area (Å²) in [7, 11) is 1.58. The number of methoxy groups -OCH3 is 1. The fraction of sp³-hybridized carbons (Fsp3) is 0.429. The lowest BCUT2D eigenvalue weighted by Gasteiger charge is -2.11. The molecule has 0 fully saturated rings. The van der Waals surface area contributed by atoms with Crippen molar-refractivity contribution in [2.24, 2.45) is 5.92 Å². The lowest BCUT2D eigenvalue weighted by atomic mass is 9.99. The minimum absolute atomic E-state index is 0.186. The van der Waals surface area contributed by atoms with Gasteiger partial charge in [-0.25, -0.2) is 0 Å². The number of esters is 1. The highest BCUT2D eigenvalue weighted by atomic mass is 16.5. The van der Waals surface area contributed by atoms with Crippen LogP contribution in [0.15, 0.2) is 24.3 Å². The molecule has 0 bridgehead atoms. The van der Waals surface area contributed by atoms with Crippen LogP contribution in [0.3, 0.4) is 0 Å². The lowest BCUT2D eigenvalue weighted by molar-refractivity contribution is -0.158. The van der Waals surface area contributed by atoms with E-state index in [4.69, 9.17) is 14.6 Å². The fourth-order valence-electron chi connectivity index (χ4n) is 1.69. The zero-order valence-corrected chi connectivity index (χ0v) is 11.1. The Morgan fingerprint density at radius 1 is 1.26 bits per heavy atom. The maximum atomic E-state index is 11.5. The highest BCUT2D eigenvalue weighted by Crippen LogP contribution is 2.16. The summed E-state index contributed by atoms with van der Waals surface area (Å²) in [5.74, 6) is -2.19. The maximum absolute atomic E-state index is 11.5. The van der Waals surface area contributed by atoms with Crippen LogP contribution in [0.2, 0.25) is 0 Å². The molecule has 104 valence electrons. The van der Waals surface area contributed by atoms with Crippen LogP contribution in [0.4, 0.5) is 0 Å². The molecule has 0 saturated heterocycles. The molecule has 0 spiro atoms. The van der Waals surface area contributed by atoms with Crippen molar-refractivity contribution in [2.45, 2.75) is 19.8 Å². The SMILES string of the molecule is CCOC(=O)C(CCc1ccc(OC)cc1)C(=O)O. The van der Waals surface area contributed by atoms with E-state index in [-0.39, 0.29) is 13.0 Å². The van der Waals surface area contributed by atoms with E-state index in [0.717, 1.165) is 11.3 Å². The van der Waals surface area contributed by atoms with Crippen LogP contribution < -0.4 is 4.74 Å². The van der Waals surface area contributed by atoms with E-state index >= 15 is 0 Å². The van der Waals surface area contributed by atoms with Gasteiger partial charge in [0.05, 0.1) is 13.7 Å². The van der Waals surface area contributed by atoms with E-state index in [1.165, 1.54) is 0 Å². The smallest absolute Gasteiger partial charge is 0.320 e. The van der Waals surface area contributed by atoms with Gasteiger partial charge in [0.1, 0.15) is 5.75 Å². The first-order valence-electron chi connectivity index (χ1n) is 6.10. The van der Waals surface area contributed by atoms with E-state index in [9.17, 15) is 9.59 Å². The number of ether oxygens (including phenoxy) is 2. The molecule has 5 heteroatoms. The predicted molar refractivity (Wildman–Crippen MR) is 69.1 cm³/mol. The Bertz CT molecular complexity index is 424. The molecular weight excluding hydrogens is 248 g/mol. The number of carbonyl (C=O) groups is 2. The van der Waals surface area contributed by atoms with Crippen molar-refractivity contribution in [1.29, 1.82) is 0 Å². The molecule has 0 radical (unpaired) electrons. The summed E-state index contributed by atoms with van der Waals surface area (Å²) in [6.07, 6.45) is 0.722. The largest absolute Gasteiger partial charge is 0.497 e. The van der Waals surface area contributed by atoms with Crippen LogP contribution in [-0.2, 0) is 20.7 Å². The number of hydrogen-bond acceptors (Lipinski definition) is 4. The van der Waals surface area contributed by atoms with Crippen LogP contribution >= 0.6 is 0 Å². The second-order valence-electron chi connectivity index (χ2n) is 4.03. The van der Waals surface area contributed by atoms with E-state index in [1.54, 1.807) is 26.2 Å².